The molecule has 156 valence electrons. The summed E-state index contributed by atoms with van der Waals surface area (Å²) in [5.41, 5.74) is 4.75. The van der Waals surface area contributed by atoms with E-state index in [1.54, 1.807) is 4.90 Å². The molecule has 1 aliphatic carbocycles. The third kappa shape index (κ3) is 2.95. The average molecular weight is 407 g/mol. The van der Waals surface area contributed by atoms with Gasteiger partial charge in [-0.15, -0.1) is 0 Å². The van der Waals surface area contributed by atoms with E-state index in [0.717, 1.165) is 12.3 Å². The van der Waals surface area contributed by atoms with E-state index in [1.807, 2.05) is 13.8 Å². The van der Waals surface area contributed by atoms with E-state index < -0.39 is 40.5 Å². The Morgan fingerprint density at radius 3 is 2.59 bits per heavy atom. The van der Waals surface area contributed by atoms with Crippen LogP contribution in [0.1, 0.15) is 36.7 Å². The SMILES string of the molecule is COc1c(N2C[C@H](C)[C@@](C)(N)C2)c(F)cc2c(=O)c(C(=O)O)cn([C@@H]3C[C@@H]3F)c12. The normalized spacial score (nSPS) is 28.8. The number of benzene rings is 1. The van der Waals surface area contributed by atoms with Gasteiger partial charge in [0, 0.05) is 31.2 Å². The first-order chi connectivity index (χ1) is 13.6. The minimum atomic E-state index is -1.45. The first kappa shape index (κ1) is 19.6. The van der Waals surface area contributed by atoms with Crippen LogP contribution in [0.15, 0.2) is 17.1 Å². The molecule has 1 aromatic heterocycles. The molecule has 3 N–H and O–H groups in total. The lowest BCUT2D eigenvalue weighted by molar-refractivity contribution is 0.0694. The molecule has 2 heterocycles. The summed E-state index contributed by atoms with van der Waals surface area (Å²) in [6, 6.07) is 0.394. The van der Waals surface area contributed by atoms with E-state index in [2.05, 4.69) is 0 Å². The molecule has 0 radical (unpaired) electrons. The highest BCUT2D eigenvalue weighted by Crippen LogP contribution is 2.46. The van der Waals surface area contributed by atoms with Gasteiger partial charge in [-0.2, -0.15) is 0 Å². The fourth-order valence-corrected chi connectivity index (χ4v) is 4.13. The van der Waals surface area contributed by atoms with Gasteiger partial charge in [0.2, 0.25) is 5.43 Å². The molecule has 2 aromatic rings. The van der Waals surface area contributed by atoms with Crippen LogP contribution in [0.2, 0.25) is 0 Å². The molecule has 4 rings (SSSR count). The second-order valence-corrected chi connectivity index (χ2v) is 8.33. The van der Waals surface area contributed by atoms with Crippen LogP contribution in [-0.4, -0.2) is 47.6 Å². The van der Waals surface area contributed by atoms with Crippen LogP contribution in [-0.2, 0) is 0 Å². The molecule has 0 bridgehead atoms. The third-order valence-electron chi connectivity index (χ3n) is 6.14. The van der Waals surface area contributed by atoms with Crippen molar-refractivity contribution in [3.05, 3.63) is 33.9 Å². The van der Waals surface area contributed by atoms with Gasteiger partial charge in [-0.1, -0.05) is 6.92 Å². The second-order valence-electron chi connectivity index (χ2n) is 8.33. The summed E-state index contributed by atoms with van der Waals surface area (Å²) in [6.45, 7) is 4.71. The third-order valence-corrected chi connectivity index (χ3v) is 6.14. The van der Waals surface area contributed by atoms with Gasteiger partial charge in [-0.3, -0.25) is 4.79 Å². The van der Waals surface area contributed by atoms with E-state index in [0.29, 0.717) is 13.1 Å². The smallest absolute Gasteiger partial charge is 0.341 e. The van der Waals surface area contributed by atoms with Crippen molar-refractivity contribution >= 4 is 22.6 Å². The van der Waals surface area contributed by atoms with E-state index in [4.69, 9.17) is 10.5 Å². The lowest BCUT2D eigenvalue weighted by Gasteiger charge is -2.26. The van der Waals surface area contributed by atoms with Gasteiger partial charge in [0.25, 0.3) is 0 Å². The minimum absolute atomic E-state index is 0.0811. The molecule has 2 fully saturated rings. The topological polar surface area (TPSA) is 97.8 Å². The molecule has 1 aromatic carbocycles. The minimum Gasteiger partial charge on any atom is -0.492 e. The molecule has 0 amide bonds. The van der Waals surface area contributed by atoms with Crippen LogP contribution < -0.4 is 20.8 Å². The Labute approximate surface area is 165 Å². The number of carboxylic acids is 1. The van der Waals surface area contributed by atoms with Gasteiger partial charge in [0.15, 0.2) is 11.6 Å². The van der Waals surface area contributed by atoms with Gasteiger partial charge in [-0.25, -0.2) is 13.6 Å². The van der Waals surface area contributed by atoms with Crippen LogP contribution in [0, 0.1) is 11.7 Å². The van der Waals surface area contributed by atoms with Crippen molar-refractivity contribution in [2.24, 2.45) is 11.7 Å². The number of carbonyl (C=O) groups is 1. The molecule has 1 saturated carbocycles. The molecule has 9 heteroatoms. The van der Waals surface area contributed by atoms with Crippen molar-refractivity contribution < 1.29 is 23.4 Å². The number of nitrogens with two attached hydrogens (primary N) is 1. The quantitative estimate of drug-likeness (QED) is 0.807. The lowest BCUT2D eigenvalue weighted by Crippen LogP contribution is -2.43. The lowest BCUT2D eigenvalue weighted by atomic mass is 9.92. The standard InChI is InChI=1S/C20H23F2N3O4/c1-9-6-24(8-20(9,2)23)16-13(22)4-10-15(18(16)29-3)25(14-5-12(14)21)7-11(17(10)26)19(27)28/h4,7,9,12,14H,5-6,8,23H2,1-3H3,(H,27,28)/t9-,12-,14+,20-/m0/s1. The summed E-state index contributed by atoms with van der Waals surface area (Å²) >= 11 is 0. The molecule has 29 heavy (non-hydrogen) atoms. The Morgan fingerprint density at radius 2 is 2.10 bits per heavy atom. The fraction of sp³-hybridized carbons (Fsp3) is 0.500. The maximum absolute atomic E-state index is 15.2. The maximum atomic E-state index is 15.2. The van der Waals surface area contributed by atoms with E-state index in [9.17, 15) is 19.1 Å². The second kappa shape index (κ2) is 6.41. The zero-order valence-corrected chi connectivity index (χ0v) is 16.4. The molecule has 0 spiro atoms. The summed E-state index contributed by atoms with van der Waals surface area (Å²) in [4.78, 5) is 26.0. The van der Waals surface area contributed by atoms with Crippen LogP contribution in [0.5, 0.6) is 5.75 Å². The molecule has 7 nitrogen and oxygen atoms in total. The number of alkyl halides is 1. The molecule has 0 unspecified atom stereocenters. The van der Waals surface area contributed by atoms with Crippen molar-refractivity contribution in [3.63, 3.8) is 0 Å². The molecule has 1 aliphatic heterocycles. The summed E-state index contributed by atoms with van der Waals surface area (Å²) in [5.74, 6) is -1.99. The summed E-state index contributed by atoms with van der Waals surface area (Å²) in [5, 5.41) is 9.22. The molecule has 2 aliphatic rings. The number of halogens is 2. The first-order valence-electron chi connectivity index (χ1n) is 9.43. The van der Waals surface area contributed by atoms with Crippen molar-refractivity contribution in [1.82, 2.24) is 4.57 Å². The number of rotatable bonds is 4. The largest absolute Gasteiger partial charge is 0.492 e. The predicted molar refractivity (Wildman–Crippen MR) is 104 cm³/mol. The average Bonchev–Trinajstić information content (AvgIpc) is 3.29. The Morgan fingerprint density at radius 1 is 1.45 bits per heavy atom. The molecule has 4 atom stereocenters. The number of anilines is 1. The number of nitrogens with zero attached hydrogens (tertiary/aromatic N) is 2. The van der Waals surface area contributed by atoms with Gasteiger partial charge < -0.3 is 25.0 Å². The highest BCUT2D eigenvalue weighted by Gasteiger charge is 2.43. The monoisotopic (exact) mass is 407 g/mol. The van der Waals surface area contributed by atoms with Crippen molar-refractivity contribution in [1.29, 1.82) is 0 Å². The van der Waals surface area contributed by atoms with Crippen LogP contribution in [0.3, 0.4) is 0 Å². The molecule has 1 saturated heterocycles. The maximum Gasteiger partial charge on any atom is 0.341 e. The van der Waals surface area contributed by atoms with E-state index in [1.165, 1.54) is 11.7 Å². The number of hydrogen-bond acceptors (Lipinski definition) is 5. The summed E-state index contributed by atoms with van der Waals surface area (Å²) < 4.78 is 36.0. The zero-order chi connectivity index (χ0) is 21.2. The van der Waals surface area contributed by atoms with Crippen molar-refractivity contribution in [3.8, 4) is 5.75 Å². The highest BCUT2D eigenvalue weighted by atomic mass is 19.1. The Bertz CT molecular complexity index is 1080. The van der Waals surface area contributed by atoms with Crippen molar-refractivity contribution in [2.45, 2.75) is 38.0 Å². The number of carboxylic acid groups (broad SMARTS) is 1. The number of pyridine rings is 1. The van der Waals surface area contributed by atoms with E-state index in [-0.39, 0.29) is 34.7 Å². The number of ether oxygens (including phenoxy) is 1. The Balaban J connectivity index is 2.03. The zero-order valence-electron chi connectivity index (χ0n) is 16.4. The number of hydrogen-bond donors (Lipinski definition) is 2. The Hall–Kier alpha value is -2.68. The number of aromatic carboxylic acids is 1. The van der Waals surface area contributed by atoms with E-state index >= 15 is 4.39 Å². The van der Waals surface area contributed by atoms with Gasteiger partial charge in [0.05, 0.1) is 24.1 Å². The van der Waals surface area contributed by atoms with Gasteiger partial charge in [-0.05, 0) is 18.9 Å². The molecular weight excluding hydrogens is 384 g/mol. The van der Waals surface area contributed by atoms with Crippen LogP contribution in [0.25, 0.3) is 10.9 Å². The molecular formula is C20H23F2N3O4. The highest BCUT2D eigenvalue weighted by molar-refractivity contribution is 5.97. The number of aromatic nitrogens is 1. The van der Waals surface area contributed by atoms with Gasteiger partial charge >= 0.3 is 5.97 Å². The number of fused-ring (bicyclic) bond motifs is 1. The summed E-state index contributed by atoms with van der Waals surface area (Å²) in [6.07, 6.45) is 0.148. The number of methoxy groups -OCH3 is 1. The van der Waals surface area contributed by atoms with Gasteiger partial charge in [0.1, 0.15) is 17.4 Å². The predicted octanol–water partition coefficient (Wildman–Crippen LogP) is 2.30. The first-order valence-corrected chi connectivity index (χ1v) is 9.43. The fourth-order valence-electron chi connectivity index (χ4n) is 4.13. The summed E-state index contributed by atoms with van der Waals surface area (Å²) in [7, 11) is 1.35. The van der Waals surface area contributed by atoms with Crippen LogP contribution >= 0.6 is 0 Å². The van der Waals surface area contributed by atoms with Crippen molar-refractivity contribution in [2.75, 3.05) is 25.1 Å². The van der Waals surface area contributed by atoms with Crippen LogP contribution in [0.4, 0.5) is 14.5 Å². The Kier molecular flexibility index (Phi) is 4.34.